The minimum Gasteiger partial charge on any atom is -0.489 e. The Kier molecular flexibility index (Phi) is 4.80. The summed E-state index contributed by atoms with van der Waals surface area (Å²) in [6.07, 6.45) is 4.10. The van der Waals surface area contributed by atoms with Crippen molar-refractivity contribution in [3.63, 3.8) is 0 Å². The predicted molar refractivity (Wildman–Crippen MR) is 44.2 cm³/mol. The van der Waals surface area contributed by atoms with Crippen LogP contribution in [0.3, 0.4) is 0 Å². The first-order valence-electron chi connectivity index (χ1n) is 3.35. The van der Waals surface area contributed by atoms with Gasteiger partial charge >= 0.3 is 0 Å². The van der Waals surface area contributed by atoms with Crippen LogP contribution >= 0.6 is 0 Å². The van der Waals surface area contributed by atoms with Crippen LogP contribution in [0.25, 0.3) is 6.08 Å². The van der Waals surface area contributed by atoms with Crippen molar-refractivity contribution >= 4 is 6.08 Å². The van der Waals surface area contributed by atoms with Gasteiger partial charge in [0.25, 0.3) is 0 Å². The fraction of sp³-hybridized carbons (Fsp3) is 0.100. The number of ether oxygens (including phenoxy) is 1. The van der Waals surface area contributed by atoms with E-state index in [9.17, 15) is 0 Å². The molecule has 1 aromatic rings. The van der Waals surface area contributed by atoms with Gasteiger partial charge < -0.3 is 4.74 Å². The average Bonchev–Trinajstić information content (AvgIpc) is 2.05. The van der Waals surface area contributed by atoms with Gasteiger partial charge in [0.05, 0.1) is 0 Å². The van der Waals surface area contributed by atoms with Crippen LogP contribution in [0.1, 0.15) is 5.56 Å². The maximum atomic E-state index is 5.34. The maximum absolute atomic E-state index is 5.34. The average molecular weight is 195 g/mol. The summed E-state index contributed by atoms with van der Waals surface area (Å²) in [6, 6.07) is 8.03. The van der Waals surface area contributed by atoms with Crippen molar-refractivity contribution in [3.05, 3.63) is 43.3 Å². The monoisotopic (exact) mass is 195 g/mol. The van der Waals surface area contributed by atoms with Gasteiger partial charge in [0.2, 0.25) is 0 Å². The second kappa shape index (κ2) is 5.07. The van der Waals surface area contributed by atoms with Crippen LogP contribution in [0, 0.1) is 7.43 Å². The molecular formula is C10H8OV. The van der Waals surface area contributed by atoms with Crippen molar-refractivity contribution in [2.45, 2.75) is 0 Å². The van der Waals surface area contributed by atoms with Crippen LogP contribution in [0.2, 0.25) is 0 Å². The van der Waals surface area contributed by atoms with Crippen LogP contribution in [0.4, 0.5) is 0 Å². The SMILES string of the molecule is C1=Cc2ccccc2OC1.[C].[V]. The van der Waals surface area contributed by atoms with E-state index in [0.29, 0.717) is 6.61 Å². The summed E-state index contributed by atoms with van der Waals surface area (Å²) in [6.45, 7) is 0.705. The van der Waals surface area contributed by atoms with Gasteiger partial charge in [-0.1, -0.05) is 24.3 Å². The molecule has 0 atom stereocenters. The summed E-state index contributed by atoms with van der Waals surface area (Å²) in [7, 11) is 0. The number of fused-ring (bicyclic) bond motifs is 1. The van der Waals surface area contributed by atoms with Crippen LogP contribution in [-0.4, -0.2) is 6.61 Å². The van der Waals surface area contributed by atoms with Crippen molar-refractivity contribution in [2.24, 2.45) is 0 Å². The van der Waals surface area contributed by atoms with E-state index in [1.807, 2.05) is 30.3 Å². The molecule has 59 valence electrons. The van der Waals surface area contributed by atoms with Crippen molar-refractivity contribution in [1.82, 2.24) is 0 Å². The summed E-state index contributed by atoms with van der Waals surface area (Å²) < 4.78 is 5.34. The van der Waals surface area contributed by atoms with E-state index >= 15 is 0 Å². The zero-order valence-electron chi connectivity index (χ0n) is 6.53. The van der Waals surface area contributed by atoms with Crippen LogP contribution in [0.5, 0.6) is 5.75 Å². The van der Waals surface area contributed by atoms with E-state index < -0.39 is 0 Å². The molecule has 1 aromatic carbocycles. The van der Waals surface area contributed by atoms with E-state index in [4.69, 9.17) is 4.74 Å². The molecule has 1 heterocycles. The fourth-order valence-corrected chi connectivity index (χ4v) is 1.06. The molecular weight excluding hydrogens is 187 g/mol. The maximum Gasteiger partial charge on any atom is 0.126 e. The smallest absolute Gasteiger partial charge is 0.126 e. The van der Waals surface area contributed by atoms with Gasteiger partial charge in [-0.3, -0.25) is 0 Å². The molecule has 1 nitrogen and oxygen atoms in total. The van der Waals surface area contributed by atoms with E-state index in [1.54, 1.807) is 0 Å². The second-order valence-electron chi connectivity index (χ2n) is 2.25. The Labute approximate surface area is 85.3 Å². The van der Waals surface area contributed by atoms with Crippen molar-refractivity contribution in [3.8, 4) is 5.75 Å². The molecule has 0 unspecified atom stereocenters. The Hall–Kier alpha value is -0.656. The molecule has 1 aliphatic heterocycles. The normalized spacial score (nSPS) is 11.7. The summed E-state index contributed by atoms with van der Waals surface area (Å²) in [5, 5.41) is 0. The largest absolute Gasteiger partial charge is 0.489 e. The van der Waals surface area contributed by atoms with Gasteiger partial charge in [-0.2, -0.15) is 0 Å². The summed E-state index contributed by atoms with van der Waals surface area (Å²) in [5.41, 5.74) is 1.17. The molecule has 0 fully saturated rings. The van der Waals surface area contributed by atoms with Crippen LogP contribution < -0.4 is 4.74 Å². The standard InChI is InChI=1S/C9H8O.C.V/c1-2-6-9-8(4-1)5-3-7-10-9;;/h1-6H,7H2;;. The third-order valence-electron chi connectivity index (χ3n) is 1.55. The van der Waals surface area contributed by atoms with Gasteiger partial charge in [0.1, 0.15) is 12.4 Å². The minimum absolute atomic E-state index is 0. The quantitative estimate of drug-likeness (QED) is 0.616. The molecule has 0 amide bonds. The van der Waals surface area contributed by atoms with Crippen LogP contribution in [0.15, 0.2) is 30.3 Å². The van der Waals surface area contributed by atoms with Gasteiger partial charge in [-0.15, -0.1) is 0 Å². The molecule has 2 rings (SSSR count). The molecule has 5 radical (unpaired) electrons. The van der Waals surface area contributed by atoms with Crippen molar-refractivity contribution in [1.29, 1.82) is 0 Å². The molecule has 0 spiro atoms. The van der Waals surface area contributed by atoms with E-state index in [0.717, 1.165) is 5.75 Å². The van der Waals surface area contributed by atoms with Crippen molar-refractivity contribution in [2.75, 3.05) is 6.61 Å². The number of benzene rings is 1. The molecule has 0 bridgehead atoms. The first-order chi connectivity index (χ1) is 4.97. The summed E-state index contributed by atoms with van der Waals surface area (Å²) in [4.78, 5) is 0. The molecule has 0 N–H and O–H groups in total. The molecule has 0 saturated heterocycles. The molecule has 12 heavy (non-hydrogen) atoms. The molecule has 1 aliphatic rings. The third kappa shape index (κ3) is 2.16. The van der Waals surface area contributed by atoms with Gasteiger partial charge in [-0.25, -0.2) is 0 Å². The fourth-order valence-electron chi connectivity index (χ4n) is 1.06. The predicted octanol–water partition coefficient (Wildman–Crippen LogP) is 2.17. The van der Waals surface area contributed by atoms with Crippen molar-refractivity contribution < 1.29 is 23.3 Å². The number of para-hydroxylation sites is 1. The summed E-state index contributed by atoms with van der Waals surface area (Å²) in [5.74, 6) is 0.991. The van der Waals surface area contributed by atoms with E-state index in [2.05, 4.69) is 6.08 Å². The molecule has 2 heteroatoms. The number of rotatable bonds is 0. The second-order valence-corrected chi connectivity index (χ2v) is 2.25. The van der Waals surface area contributed by atoms with Crippen LogP contribution in [-0.2, 0) is 18.6 Å². The Balaban J connectivity index is 0.000000605. The third-order valence-corrected chi connectivity index (χ3v) is 1.55. The Bertz CT molecular complexity index is 268. The Morgan fingerprint density at radius 1 is 1.17 bits per heavy atom. The van der Waals surface area contributed by atoms with E-state index in [1.165, 1.54) is 5.56 Å². The minimum atomic E-state index is 0. The van der Waals surface area contributed by atoms with Gasteiger partial charge in [0, 0.05) is 31.5 Å². The summed E-state index contributed by atoms with van der Waals surface area (Å²) >= 11 is 0. The van der Waals surface area contributed by atoms with Gasteiger partial charge in [0.15, 0.2) is 0 Å². The van der Waals surface area contributed by atoms with Gasteiger partial charge in [-0.05, 0) is 12.1 Å². The first-order valence-corrected chi connectivity index (χ1v) is 3.35. The number of hydrogen-bond donors (Lipinski definition) is 0. The zero-order valence-corrected chi connectivity index (χ0v) is 7.92. The molecule has 0 saturated carbocycles. The van der Waals surface area contributed by atoms with E-state index in [-0.39, 0.29) is 26.0 Å². The Morgan fingerprint density at radius 3 is 2.67 bits per heavy atom. The first kappa shape index (κ1) is 11.3. The molecule has 0 aliphatic carbocycles. The topological polar surface area (TPSA) is 9.23 Å². The zero-order chi connectivity index (χ0) is 6.81. The number of hydrogen-bond acceptors (Lipinski definition) is 1. The molecule has 0 aromatic heterocycles. The Morgan fingerprint density at radius 2 is 1.92 bits per heavy atom.